The molecule has 4 nitrogen and oxygen atoms in total. The zero-order chi connectivity index (χ0) is 17.7. The number of hydrogen-bond donors (Lipinski definition) is 2. The van der Waals surface area contributed by atoms with E-state index in [0.717, 1.165) is 16.7 Å². The zero-order valence-corrected chi connectivity index (χ0v) is 15.1. The molecule has 0 aromatic heterocycles. The Morgan fingerprint density at radius 1 is 0.696 bits per heavy atom. The Morgan fingerprint density at radius 3 is 1.83 bits per heavy atom. The van der Waals surface area contributed by atoms with Crippen LogP contribution in [0.2, 0.25) is 0 Å². The van der Waals surface area contributed by atoms with Crippen molar-refractivity contribution in [2.75, 3.05) is 0 Å². The lowest BCUT2D eigenvalue weighted by Gasteiger charge is -2.17. The summed E-state index contributed by atoms with van der Waals surface area (Å²) in [6, 6.07) is 2.73. The predicted octanol–water partition coefficient (Wildman–Crippen LogP) is 3.78. The van der Waals surface area contributed by atoms with Crippen LogP contribution in [0.5, 0.6) is 11.5 Å². The second kappa shape index (κ2) is 5.57. The summed E-state index contributed by atoms with van der Waals surface area (Å²) in [5, 5.41) is 20.3. The van der Waals surface area contributed by atoms with Crippen molar-refractivity contribution in [3.05, 3.63) is 45.5 Å². The lowest BCUT2D eigenvalue weighted by atomic mass is 10.0. The van der Waals surface area contributed by atoms with E-state index in [1.807, 2.05) is 13.8 Å². The molecule has 0 bridgehead atoms. The van der Waals surface area contributed by atoms with E-state index in [9.17, 15) is 18.6 Å². The largest absolute Gasteiger partial charge is 0.508 e. The van der Waals surface area contributed by atoms with Gasteiger partial charge in [0, 0.05) is 0 Å². The fourth-order valence-corrected chi connectivity index (χ4v) is 4.70. The third kappa shape index (κ3) is 2.59. The second-order valence-electron chi connectivity index (χ2n) is 6.06. The molecule has 0 atom stereocenters. The second-order valence-corrected chi connectivity index (χ2v) is 7.92. The minimum absolute atomic E-state index is 0.0275. The lowest BCUT2D eigenvalue weighted by Crippen LogP contribution is -2.09. The average molecular weight is 334 g/mol. The van der Waals surface area contributed by atoms with Crippen LogP contribution in [0.4, 0.5) is 0 Å². The van der Waals surface area contributed by atoms with Gasteiger partial charge in [-0.1, -0.05) is 0 Å². The number of benzene rings is 2. The predicted molar refractivity (Wildman–Crippen MR) is 90.1 cm³/mol. The summed E-state index contributed by atoms with van der Waals surface area (Å²) in [6.07, 6.45) is 0. The van der Waals surface area contributed by atoms with Crippen molar-refractivity contribution >= 4 is 9.84 Å². The molecule has 0 spiro atoms. The highest BCUT2D eigenvalue weighted by Gasteiger charge is 2.28. The van der Waals surface area contributed by atoms with Crippen LogP contribution in [-0.4, -0.2) is 18.6 Å². The van der Waals surface area contributed by atoms with E-state index in [1.165, 1.54) is 12.1 Å². The molecule has 0 amide bonds. The normalized spacial score (nSPS) is 11.7. The Hall–Kier alpha value is -2.01. The number of sulfone groups is 1. The first-order chi connectivity index (χ1) is 10.5. The van der Waals surface area contributed by atoms with Crippen molar-refractivity contribution in [3.63, 3.8) is 0 Å². The van der Waals surface area contributed by atoms with Crippen LogP contribution >= 0.6 is 0 Å². The molecule has 0 saturated carbocycles. The van der Waals surface area contributed by atoms with Crippen LogP contribution < -0.4 is 0 Å². The van der Waals surface area contributed by atoms with Gasteiger partial charge in [0.25, 0.3) is 0 Å². The molecule has 5 heteroatoms. The molecule has 124 valence electrons. The molecule has 0 heterocycles. The number of phenolic OH excluding ortho intramolecular Hbond substituents is 2. The van der Waals surface area contributed by atoms with Crippen molar-refractivity contribution in [2.24, 2.45) is 0 Å². The van der Waals surface area contributed by atoms with E-state index >= 15 is 0 Å². The molecule has 2 N–H and O–H groups in total. The third-order valence-corrected chi connectivity index (χ3v) is 6.84. The van der Waals surface area contributed by atoms with E-state index in [0.29, 0.717) is 16.7 Å². The Bertz CT molecular complexity index is 910. The van der Waals surface area contributed by atoms with Gasteiger partial charge in [0.15, 0.2) is 0 Å². The first-order valence-corrected chi connectivity index (χ1v) is 8.83. The number of phenols is 2. The van der Waals surface area contributed by atoms with Crippen molar-refractivity contribution in [3.8, 4) is 11.5 Å². The van der Waals surface area contributed by atoms with Gasteiger partial charge >= 0.3 is 0 Å². The van der Waals surface area contributed by atoms with E-state index in [1.54, 1.807) is 27.7 Å². The van der Waals surface area contributed by atoms with Crippen LogP contribution in [0.1, 0.15) is 33.4 Å². The lowest BCUT2D eigenvalue weighted by molar-refractivity contribution is 0.456. The number of aromatic hydroxyl groups is 2. The first kappa shape index (κ1) is 17.3. The average Bonchev–Trinajstić information content (AvgIpc) is 2.46. The fourth-order valence-electron chi connectivity index (χ4n) is 2.76. The van der Waals surface area contributed by atoms with Gasteiger partial charge in [0.2, 0.25) is 9.84 Å². The molecular weight excluding hydrogens is 312 g/mol. The molecule has 2 aromatic rings. The van der Waals surface area contributed by atoms with E-state index in [2.05, 4.69) is 0 Å². The smallest absolute Gasteiger partial charge is 0.210 e. The summed E-state index contributed by atoms with van der Waals surface area (Å²) in [5.74, 6) is -0.324. The Kier molecular flexibility index (Phi) is 4.20. The molecule has 0 unspecified atom stereocenters. The van der Waals surface area contributed by atoms with Crippen LogP contribution in [-0.2, 0) is 9.84 Å². The van der Waals surface area contributed by atoms with Crippen LogP contribution in [0, 0.1) is 41.5 Å². The third-order valence-electron chi connectivity index (χ3n) is 4.79. The van der Waals surface area contributed by atoms with Crippen molar-refractivity contribution in [1.29, 1.82) is 0 Å². The highest BCUT2D eigenvalue weighted by molar-refractivity contribution is 7.91. The molecule has 0 aliphatic heterocycles. The molecule has 2 rings (SSSR count). The van der Waals surface area contributed by atoms with Gasteiger partial charge in [-0.05, 0) is 87.1 Å². The summed E-state index contributed by atoms with van der Waals surface area (Å²) in [5.41, 5.74) is 4.15. The van der Waals surface area contributed by atoms with Gasteiger partial charge in [-0.3, -0.25) is 0 Å². The number of aryl methyl sites for hydroxylation is 1. The van der Waals surface area contributed by atoms with E-state index in [4.69, 9.17) is 0 Å². The maximum atomic E-state index is 13.1. The van der Waals surface area contributed by atoms with Gasteiger partial charge in [-0.2, -0.15) is 0 Å². The Labute approximate surface area is 137 Å². The molecule has 0 aliphatic carbocycles. The molecule has 0 fully saturated rings. The van der Waals surface area contributed by atoms with Crippen molar-refractivity contribution in [2.45, 2.75) is 51.3 Å². The monoisotopic (exact) mass is 334 g/mol. The molecule has 2 aromatic carbocycles. The summed E-state index contributed by atoms with van der Waals surface area (Å²) >= 11 is 0. The zero-order valence-electron chi connectivity index (χ0n) is 14.3. The highest BCUT2D eigenvalue weighted by Crippen LogP contribution is 2.38. The first-order valence-electron chi connectivity index (χ1n) is 7.34. The van der Waals surface area contributed by atoms with Crippen molar-refractivity contribution in [1.82, 2.24) is 0 Å². The Balaban J connectivity index is 2.88. The standard InChI is InChI=1S/C18H22O4S/c1-9-7-16(20)18(14(6)10(9)2)23(21,22)17-8-15(19)12(4)11(3)13(17)5/h7-8,19-20H,1-6H3. The topological polar surface area (TPSA) is 74.6 Å². The molecule has 0 saturated heterocycles. The van der Waals surface area contributed by atoms with Gasteiger partial charge in [-0.25, -0.2) is 8.42 Å². The maximum absolute atomic E-state index is 13.1. The van der Waals surface area contributed by atoms with E-state index < -0.39 is 9.84 Å². The summed E-state index contributed by atoms with van der Waals surface area (Å²) in [4.78, 5) is -0.0638. The molecule has 0 radical (unpaired) electrons. The van der Waals surface area contributed by atoms with E-state index in [-0.39, 0.29) is 21.3 Å². The molecule has 23 heavy (non-hydrogen) atoms. The molecular formula is C18H22O4S. The quantitative estimate of drug-likeness (QED) is 0.876. The maximum Gasteiger partial charge on any atom is 0.210 e. The van der Waals surface area contributed by atoms with Gasteiger partial charge in [0.1, 0.15) is 16.4 Å². The van der Waals surface area contributed by atoms with Crippen molar-refractivity contribution < 1.29 is 18.6 Å². The minimum atomic E-state index is -3.94. The van der Waals surface area contributed by atoms with Gasteiger partial charge < -0.3 is 10.2 Å². The fraction of sp³-hybridized carbons (Fsp3) is 0.333. The van der Waals surface area contributed by atoms with Crippen LogP contribution in [0.25, 0.3) is 0 Å². The Morgan fingerprint density at radius 2 is 1.26 bits per heavy atom. The number of hydrogen-bond acceptors (Lipinski definition) is 4. The summed E-state index contributed by atoms with van der Waals surface area (Å²) in [7, 11) is -3.94. The van der Waals surface area contributed by atoms with Crippen LogP contribution in [0.15, 0.2) is 21.9 Å². The van der Waals surface area contributed by atoms with Crippen LogP contribution in [0.3, 0.4) is 0 Å². The highest BCUT2D eigenvalue weighted by atomic mass is 32.2. The summed E-state index contributed by atoms with van der Waals surface area (Å²) in [6.45, 7) is 10.6. The minimum Gasteiger partial charge on any atom is -0.508 e. The summed E-state index contributed by atoms with van der Waals surface area (Å²) < 4.78 is 26.2. The molecule has 0 aliphatic rings. The van der Waals surface area contributed by atoms with Gasteiger partial charge in [-0.15, -0.1) is 0 Å². The SMILES string of the molecule is Cc1cc(O)c(S(=O)(=O)c2cc(O)c(C)c(C)c2C)c(C)c1C. The van der Waals surface area contributed by atoms with Gasteiger partial charge in [0.05, 0.1) is 4.90 Å². The number of rotatable bonds is 2.